The molecule has 0 heterocycles. The molecule has 0 saturated heterocycles. The highest BCUT2D eigenvalue weighted by Crippen LogP contribution is 2.27. The monoisotopic (exact) mass is 128 g/mol. The molecule has 0 radical (unpaired) electrons. The third-order valence-electron chi connectivity index (χ3n) is 1.76. The number of hydrogen-bond donors (Lipinski definition) is 2. The van der Waals surface area contributed by atoms with Crippen molar-refractivity contribution >= 4 is 0 Å². The first-order chi connectivity index (χ1) is 4.10. The lowest BCUT2D eigenvalue weighted by molar-refractivity contribution is -0.174. The fraction of sp³-hybridized carbons (Fsp3) is 0.714. The molecule has 1 aliphatic rings. The Morgan fingerprint density at radius 3 is 2.00 bits per heavy atom. The van der Waals surface area contributed by atoms with Gasteiger partial charge in [0.2, 0.25) is 0 Å². The lowest BCUT2D eigenvalue weighted by Gasteiger charge is -2.27. The molecular weight excluding hydrogens is 116 g/mol. The van der Waals surface area contributed by atoms with Crippen LogP contribution in [-0.2, 0) is 0 Å². The van der Waals surface area contributed by atoms with Crippen LogP contribution in [0.2, 0.25) is 0 Å². The highest BCUT2D eigenvalue weighted by molar-refractivity contribution is 4.99. The van der Waals surface area contributed by atoms with Crippen LogP contribution in [-0.4, -0.2) is 16.0 Å². The standard InChI is InChI=1S/C7H12O2/c1-6-2-4-7(8,9)5-3-6/h8-9H,1-5H2. The molecule has 2 nitrogen and oxygen atoms in total. The largest absolute Gasteiger partial charge is 0.366 e. The summed E-state index contributed by atoms with van der Waals surface area (Å²) in [4.78, 5) is 0. The van der Waals surface area contributed by atoms with Crippen molar-refractivity contribution in [2.45, 2.75) is 31.5 Å². The van der Waals surface area contributed by atoms with Crippen molar-refractivity contribution in [3.05, 3.63) is 12.2 Å². The summed E-state index contributed by atoms with van der Waals surface area (Å²) in [5.41, 5.74) is 1.13. The zero-order valence-electron chi connectivity index (χ0n) is 5.43. The van der Waals surface area contributed by atoms with Crippen LogP contribution in [0, 0.1) is 0 Å². The van der Waals surface area contributed by atoms with Crippen molar-refractivity contribution < 1.29 is 10.2 Å². The molecule has 0 aromatic rings. The third kappa shape index (κ3) is 1.80. The SMILES string of the molecule is C=C1CCC(O)(O)CC1. The number of allylic oxidation sites excluding steroid dienone is 1. The first kappa shape index (κ1) is 6.78. The zero-order chi connectivity index (χ0) is 6.91. The molecule has 0 atom stereocenters. The number of rotatable bonds is 0. The van der Waals surface area contributed by atoms with E-state index in [1.165, 1.54) is 0 Å². The summed E-state index contributed by atoms with van der Waals surface area (Å²) in [7, 11) is 0. The molecule has 2 heteroatoms. The Balaban J connectivity index is 2.44. The van der Waals surface area contributed by atoms with E-state index >= 15 is 0 Å². The van der Waals surface area contributed by atoms with Gasteiger partial charge in [0.25, 0.3) is 0 Å². The van der Waals surface area contributed by atoms with E-state index in [0.717, 1.165) is 18.4 Å². The lowest BCUT2D eigenvalue weighted by atomic mass is 9.91. The summed E-state index contributed by atoms with van der Waals surface area (Å²) >= 11 is 0. The number of hydrogen-bond acceptors (Lipinski definition) is 2. The molecule has 1 rings (SSSR count). The Labute approximate surface area is 54.8 Å². The summed E-state index contributed by atoms with van der Waals surface area (Å²) in [5, 5.41) is 18.0. The molecule has 0 spiro atoms. The van der Waals surface area contributed by atoms with Gasteiger partial charge in [-0.05, 0) is 12.8 Å². The van der Waals surface area contributed by atoms with Crippen LogP contribution in [0.5, 0.6) is 0 Å². The molecule has 0 amide bonds. The van der Waals surface area contributed by atoms with E-state index in [1.807, 2.05) is 0 Å². The highest BCUT2D eigenvalue weighted by Gasteiger charge is 2.26. The van der Waals surface area contributed by atoms with E-state index in [9.17, 15) is 0 Å². The molecule has 0 aromatic heterocycles. The molecule has 0 aliphatic heterocycles. The Hall–Kier alpha value is -0.340. The molecule has 52 valence electrons. The second-order valence-electron chi connectivity index (χ2n) is 2.73. The average Bonchev–Trinajstić information content (AvgIpc) is 1.78. The van der Waals surface area contributed by atoms with Crippen LogP contribution >= 0.6 is 0 Å². The third-order valence-corrected chi connectivity index (χ3v) is 1.76. The molecule has 1 saturated carbocycles. The summed E-state index contributed by atoms with van der Waals surface area (Å²) in [6, 6.07) is 0. The highest BCUT2D eigenvalue weighted by atomic mass is 16.5. The van der Waals surface area contributed by atoms with Crippen molar-refractivity contribution in [3.8, 4) is 0 Å². The fourth-order valence-corrected chi connectivity index (χ4v) is 1.00. The summed E-state index contributed by atoms with van der Waals surface area (Å²) in [5.74, 6) is -1.40. The van der Waals surface area contributed by atoms with Gasteiger partial charge in [0.05, 0.1) is 0 Å². The van der Waals surface area contributed by atoms with Gasteiger partial charge in [-0.15, -0.1) is 0 Å². The molecular formula is C7H12O2. The molecule has 2 N–H and O–H groups in total. The smallest absolute Gasteiger partial charge is 0.163 e. The molecule has 1 aliphatic carbocycles. The Kier molecular flexibility index (Phi) is 1.60. The van der Waals surface area contributed by atoms with Gasteiger partial charge in [0.15, 0.2) is 5.79 Å². The lowest BCUT2D eigenvalue weighted by Crippen LogP contribution is -2.30. The van der Waals surface area contributed by atoms with Gasteiger partial charge in [0.1, 0.15) is 0 Å². The Morgan fingerprint density at radius 1 is 1.22 bits per heavy atom. The molecule has 0 bridgehead atoms. The van der Waals surface area contributed by atoms with E-state index in [4.69, 9.17) is 10.2 Å². The minimum Gasteiger partial charge on any atom is -0.366 e. The zero-order valence-corrected chi connectivity index (χ0v) is 5.43. The minimum atomic E-state index is -1.40. The van der Waals surface area contributed by atoms with Crippen molar-refractivity contribution in [1.82, 2.24) is 0 Å². The quantitative estimate of drug-likeness (QED) is 0.374. The van der Waals surface area contributed by atoms with Crippen LogP contribution in [0.15, 0.2) is 12.2 Å². The van der Waals surface area contributed by atoms with Crippen LogP contribution in [0.3, 0.4) is 0 Å². The van der Waals surface area contributed by atoms with Gasteiger partial charge in [-0.3, -0.25) is 0 Å². The van der Waals surface area contributed by atoms with Gasteiger partial charge in [-0.2, -0.15) is 0 Å². The van der Waals surface area contributed by atoms with Gasteiger partial charge < -0.3 is 10.2 Å². The van der Waals surface area contributed by atoms with Crippen molar-refractivity contribution in [2.75, 3.05) is 0 Å². The molecule has 1 fully saturated rings. The normalized spacial score (nSPS) is 26.2. The van der Waals surface area contributed by atoms with Gasteiger partial charge >= 0.3 is 0 Å². The summed E-state index contributed by atoms with van der Waals surface area (Å²) in [6.45, 7) is 3.76. The molecule has 0 aromatic carbocycles. The van der Waals surface area contributed by atoms with Gasteiger partial charge in [0, 0.05) is 12.8 Å². The van der Waals surface area contributed by atoms with E-state index in [2.05, 4.69) is 6.58 Å². The predicted molar refractivity (Wildman–Crippen MR) is 34.8 cm³/mol. The van der Waals surface area contributed by atoms with Crippen molar-refractivity contribution in [2.24, 2.45) is 0 Å². The topological polar surface area (TPSA) is 40.5 Å². The van der Waals surface area contributed by atoms with Crippen LogP contribution < -0.4 is 0 Å². The Bertz CT molecular complexity index is 115. The van der Waals surface area contributed by atoms with Gasteiger partial charge in [-0.1, -0.05) is 12.2 Å². The maximum Gasteiger partial charge on any atom is 0.163 e. The molecule has 0 unspecified atom stereocenters. The van der Waals surface area contributed by atoms with Crippen LogP contribution in [0.1, 0.15) is 25.7 Å². The minimum absolute atomic E-state index is 0.450. The van der Waals surface area contributed by atoms with Crippen molar-refractivity contribution in [3.63, 3.8) is 0 Å². The summed E-state index contributed by atoms with van der Waals surface area (Å²) in [6.07, 6.45) is 2.41. The average molecular weight is 128 g/mol. The van der Waals surface area contributed by atoms with E-state index < -0.39 is 5.79 Å². The first-order valence-corrected chi connectivity index (χ1v) is 3.21. The van der Waals surface area contributed by atoms with Crippen molar-refractivity contribution in [1.29, 1.82) is 0 Å². The maximum absolute atomic E-state index is 9.01. The van der Waals surface area contributed by atoms with E-state index in [-0.39, 0.29) is 0 Å². The molecule has 9 heavy (non-hydrogen) atoms. The predicted octanol–water partition coefficient (Wildman–Crippen LogP) is 0.797. The second-order valence-corrected chi connectivity index (χ2v) is 2.73. The summed E-state index contributed by atoms with van der Waals surface area (Å²) < 4.78 is 0. The van der Waals surface area contributed by atoms with Crippen LogP contribution in [0.25, 0.3) is 0 Å². The van der Waals surface area contributed by atoms with Gasteiger partial charge in [-0.25, -0.2) is 0 Å². The van der Waals surface area contributed by atoms with E-state index in [1.54, 1.807) is 0 Å². The maximum atomic E-state index is 9.01. The second kappa shape index (κ2) is 2.12. The Morgan fingerprint density at radius 2 is 1.67 bits per heavy atom. The fourth-order valence-electron chi connectivity index (χ4n) is 1.00. The first-order valence-electron chi connectivity index (χ1n) is 3.21. The van der Waals surface area contributed by atoms with Crippen LogP contribution in [0.4, 0.5) is 0 Å². The van der Waals surface area contributed by atoms with E-state index in [0.29, 0.717) is 12.8 Å². The number of aliphatic hydroxyl groups is 2.